The first kappa shape index (κ1) is 23.7. The van der Waals surface area contributed by atoms with Crippen LogP contribution in [0.4, 0.5) is 0 Å². The van der Waals surface area contributed by atoms with E-state index in [-0.39, 0.29) is 0 Å². The molecule has 1 heterocycles. The highest BCUT2D eigenvalue weighted by Gasteiger charge is 2.50. The van der Waals surface area contributed by atoms with E-state index in [0.29, 0.717) is 0 Å². The number of rotatable bonds is 4. The Kier molecular flexibility index (Phi) is 8.94. The third-order valence-corrected chi connectivity index (χ3v) is 11.3. The largest absolute Gasteiger partial charge is 0.317 e. The molecule has 32 heavy (non-hydrogen) atoms. The summed E-state index contributed by atoms with van der Waals surface area (Å²) < 4.78 is 0. The van der Waals surface area contributed by atoms with Crippen molar-refractivity contribution in [1.29, 1.82) is 0 Å². The van der Waals surface area contributed by atoms with Crippen molar-refractivity contribution in [1.82, 2.24) is 5.32 Å². The maximum Gasteiger partial charge on any atom is -0.00463 e. The molecule has 5 fully saturated rings. The molecule has 5 aliphatic rings. The quantitative estimate of drug-likeness (QED) is 0.459. The fraction of sp³-hybridized carbons (Fsp3) is 1.00. The number of fused-ring (bicyclic) bond motifs is 3. The van der Waals surface area contributed by atoms with Crippen LogP contribution in [0.2, 0.25) is 0 Å². The molecule has 0 aromatic heterocycles. The second-order valence-corrected chi connectivity index (χ2v) is 13.3. The van der Waals surface area contributed by atoms with Crippen molar-refractivity contribution in [2.75, 3.05) is 13.1 Å². The lowest BCUT2D eigenvalue weighted by atomic mass is 9.62. The van der Waals surface area contributed by atoms with Gasteiger partial charge in [0.1, 0.15) is 0 Å². The second-order valence-electron chi connectivity index (χ2n) is 13.3. The lowest BCUT2D eigenvalue weighted by molar-refractivity contribution is 0.0702. The van der Waals surface area contributed by atoms with Crippen LogP contribution < -0.4 is 5.32 Å². The molecule has 1 saturated heterocycles. The Labute approximate surface area is 200 Å². The number of hydrogen-bond acceptors (Lipinski definition) is 1. The van der Waals surface area contributed by atoms with Gasteiger partial charge in [0, 0.05) is 0 Å². The topological polar surface area (TPSA) is 12.0 Å². The van der Waals surface area contributed by atoms with E-state index in [4.69, 9.17) is 0 Å². The minimum atomic E-state index is 1.02. The Hall–Kier alpha value is -0.0400. The van der Waals surface area contributed by atoms with Crippen molar-refractivity contribution < 1.29 is 0 Å². The Balaban J connectivity index is 1.26. The van der Waals surface area contributed by atoms with Crippen LogP contribution in [-0.2, 0) is 0 Å². The third kappa shape index (κ3) is 6.14. The molecular weight excluding hydrogens is 386 g/mol. The van der Waals surface area contributed by atoms with Crippen LogP contribution >= 0.6 is 0 Å². The average Bonchev–Trinajstić information content (AvgIpc) is 3.42. The van der Waals surface area contributed by atoms with E-state index in [1.165, 1.54) is 83.7 Å². The van der Waals surface area contributed by atoms with Crippen molar-refractivity contribution in [3.8, 4) is 0 Å². The van der Waals surface area contributed by atoms with Crippen molar-refractivity contribution in [3.05, 3.63) is 0 Å². The maximum absolute atomic E-state index is 3.76. The molecule has 0 bridgehead atoms. The zero-order chi connectivity index (χ0) is 21.6. The highest BCUT2D eigenvalue weighted by atomic mass is 14.8. The molecule has 4 saturated carbocycles. The molecule has 0 amide bonds. The first-order valence-corrected chi connectivity index (χ1v) is 15.6. The van der Waals surface area contributed by atoms with Crippen molar-refractivity contribution >= 4 is 0 Å². The van der Waals surface area contributed by atoms with Crippen LogP contribution in [0.3, 0.4) is 0 Å². The molecule has 7 unspecified atom stereocenters. The highest BCUT2D eigenvalue weighted by molar-refractivity contribution is 4.99. The molecule has 0 radical (unpaired) electrons. The highest BCUT2D eigenvalue weighted by Crippen LogP contribution is 2.59. The summed E-state index contributed by atoms with van der Waals surface area (Å²) in [6, 6.07) is 0. The third-order valence-electron chi connectivity index (χ3n) is 11.3. The van der Waals surface area contributed by atoms with Gasteiger partial charge in [-0.3, -0.25) is 0 Å². The van der Waals surface area contributed by atoms with Crippen LogP contribution in [0, 0.1) is 47.3 Å². The van der Waals surface area contributed by atoms with Gasteiger partial charge in [0.2, 0.25) is 0 Å². The molecule has 1 N–H and O–H groups in total. The summed E-state index contributed by atoms with van der Waals surface area (Å²) in [6.07, 6.45) is 32.5. The standard InChI is InChI=1S/C31H55N/c1-2-4-7-12-24(11-6-3-1)19-27-22-29-21-26-14-10-15-30(26)31(29)23-28(27)20-25-13-8-5-9-17-32-18-16-25/h24-32H,1-23H2. The Bertz CT molecular complexity index is 523. The summed E-state index contributed by atoms with van der Waals surface area (Å²) in [6.45, 7) is 2.56. The number of hydrogen-bond donors (Lipinski definition) is 1. The van der Waals surface area contributed by atoms with E-state index in [9.17, 15) is 0 Å². The summed E-state index contributed by atoms with van der Waals surface area (Å²) in [5.74, 6) is 8.81. The predicted octanol–water partition coefficient (Wildman–Crippen LogP) is 8.77. The second kappa shape index (κ2) is 12.1. The van der Waals surface area contributed by atoms with Crippen LogP contribution in [0.15, 0.2) is 0 Å². The molecule has 1 heteroatoms. The van der Waals surface area contributed by atoms with Crippen LogP contribution in [-0.4, -0.2) is 13.1 Å². The van der Waals surface area contributed by atoms with Gasteiger partial charge in [-0.1, -0.05) is 83.5 Å². The molecular formula is C31H55N. The van der Waals surface area contributed by atoms with Gasteiger partial charge in [0.25, 0.3) is 0 Å². The fourth-order valence-corrected chi connectivity index (χ4v) is 9.65. The summed E-state index contributed by atoms with van der Waals surface area (Å²) in [4.78, 5) is 0. The molecule has 1 aliphatic heterocycles. The minimum absolute atomic E-state index is 1.02. The Morgan fingerprint density at radius 1 is 0.438 bits per heavy atom. The monoisotopic (exact) mass is 441 g/mol. The van der Waals surface area contributed by atoms with E-state index < -0.39 is 0 Å². The van der Waals surface area contributed by atoms with E-state index in [1.807, 2.05) is 0 Å². The molecule has 0 spiro atoms. The van der Waals surface area contributed by atoms with Crippen molar-refractivity contribution in [3.63, 3.8) is 0 Å². The predicted molar refractivity (Wildman–Crippen MR) is 138 cm³/mol. The smallest absolute Gasteiger partial charge is 0.00463 e. The van der Waals surface area contributed by atoms with E-state index in [2.05, 4.69) is 5.32 Å². The lowest BCUT2D eigenvalue weighted by Gasteiger charge is -2.43. The van der Waals surface area contributed by atoms with Crippen LogP contribution in [0.1, 0.15) is 135 Å². The van der Waals surface area contributed by atoms with Gasteiger partial charge in [-0.25, -0.2) is 0 Å². The van der Waals surface area contributed by atoms with Crippen LogP contribution in [0.5, 0.6) is 0 Å². The normalized spacial score (nSPS) is 42.6. The van der Waals surface area contributed by atoms with E-state index in [0.717, 1.165) is 47.3 Å². The van der Waals surface area contributed by atoms with Crippen LogP contribution in [0.25, 0.3) is 0 Å². The molecule has 4 aliphatic carbocycles. The van der Waals surface area contributed by atoms with Crippen molar-refractivity contribution in [2.24, 2.45) is 47.3 Å². The summed E-state index contributed by atoms with van der Waals surface area (Å²) in [7, 11) is 0. The number of nitrogens with one attached hydrogen (secondary N) is 1. The van der Waals surface area contributed by atoms with Gasteiger partial charge in [0.05, 0.1) is 0 Å². The van der Waals surface area contributed by atoms with Crippen molar-refractivity contribution in [2.45, 2.75) is 135 Å². The minimum Gasteiger partial charge on any atom is -0.317 e. The van der Waals surface area contributed by atoms with E-state index in [1.54, 1.807) is 64.2 Å². The fourth-order valence-electron chi connectivity index (χ4n) is 9.65. The lowest BCUT2D eigenvalue weighted by Crippen LogP contribution is -2.34. The zero-order valence-electron chi connectivity index (χ0n) is 21.4. The molecule has 7 atom stereocenters. The summed E-state index contributed by atoms with van der Waals surface area (Å²) in [5, 5.41) is 3.76. The first-order valence-electron chi connectivity index (χ1n) is 15.6. The van der Waals surface area contributed by atoms with Gasteiger partial charge in [-0.2, -0.15) is 0 Å². The zero-order valence-corrected chi connectivity index (χ0v) is 21.4. The van der Waals surface area contributed by atoms with Gasteiger partial charge in [0.15, 0.2) is 0 Å². The Morgan fingerprint density at radius 3 is 1.88 bits per heavy atom. The maximum atomic E-state index is 3.76. The molecule has 184 valence electrons. The molecule has 1 nitrogen and oxygen atoms in total. The van der Waals surface area contributed by atoms with Gasteiger partial charge in [-0.05, 0) is 112 Å². The van der Waals surface area contributed by atoms with Gasteiger partial charge < -0.3 is 5.32 Å². The molecule has 0 aromatic carbocycles. The average molecular weight is 442 g/mol. The summed E-state index contributed by atoms with van der Waals surface area (Å²) in [5.41, 5.74) is 0. The SMILES string of the molecule is C1CCCCC(CC2CC3CC4CCCC4C3CC2CC2CCCCCNCC2)CCC1. The van der Waals surface area contributed by atoms with Gasteiger partial charge >= 0.3 is 0 Å². The molecule has 0 aromatic rings. The van der Waals surface area contributed by atoms with E-state index >= 15 is 0 Å². The van der Waals surface area contributed by atoms with Gasteiger partial charge in [-0.15, -0.1) is 0 Å². The molecule has 5 rings (SSSR count). The summed E-state index contributed by atoms with van der Waals surface area (Å²) >= 11 is 0. The first-order chi connectivity index (χ1) is 15.9. The Morgan fingerprint density at radius 2 is 1.09 bits per heavy atom.